The van der Waals surface area contributed by atoms with E-state index < -0.39 is 10.4 Å². The number of benzene rings is 1. The lowest BCUT2D eigenvalue weighted by atomic mass is 10.3. The molecule has 5 nitrogen and oxygen atoms in total. The van der Waals surface area contributed by atoms with Gasteiger partial charge in [0, 0.05) is 11.9 Å². The Balaban J connectivity index is 0.000000330. The summed E-state index contributed by atoms with van der Waals surface area (Å²) in [6, 6.07) is 8.50. The van der Waals surface area contributed by atoms with E-state index in [1.54, 1.807) is 0 Å². The van der Waals surface area contributed by atoms with Crippen LogP contribution in [0.2, 0.25) is 0 Å². The van der Waals surface area contributed by atoms with Gasteiger partial charge in [0.05, 0.1) is 11.6 Å². The maximum absolute atomic E-state index is 8.63. The van der Waals surface area contributed by atoms with Crippen molar-refractivity contribution in [3.05, 3.63) is 24.3 Å². The molecule has 7 heteroatoms. The van der Waals surface area contributed by atoms with Crippen LogP contribution in [0.5, 0.6) is 0 Å². The highest BCUT2D eigenvalue weighted by Crippen LogP contribution is 2.36. The molecule has 0 unspecified atom stereocenters. The summed E-state index contributed by atoms with van der Waals surface area (Å²) in [6.45, 7) is 0. The van der Waals surface area contributed by atoms with Crippen molar-refractivity contribution in [2.45, 2.75) is 4.90 Å². The van der Waals surface area contributed by atoms with Crippen molar-refractivity contribution in [1.29, 1.82) is 0 Å². The molecular weight excluding hydrogens is 238 g/mol. The number of hydrogen-bond donors (Lipinski definition) is 1. The summed E-state index contributed by atoms with van der Waals surface area (Å²) >= 11 is 1.90. The summed E-state index contributed by atoms with van der Waals surface area (Å²) in [6.07, 6.45) is 0. The molecule has 0 spiro atoms. The van der Waals surface area contributed by atoms with Crippen LogP contribution in [0, 0.1) is 0 Å². The van der Waals surface area contributed by atoms with Gasteiger partial charge in [-0.2, -0.15) is 0 Å². The Kier molecular flexibility index (Phi) is 3.97. The second kappa shape index (κ2) is 4.84. The van der Waals surface area contributed by atoms with Gasteiger partial charge in [0.25, 0.3) is 0 Å². The molecule has 0 aromatic heterocycles. The molecular formula is C8H11NO4S2. The molecule has 0 radical (unpaired) electrons. The van der Waals surface area contributed by atoms with E-state index >= 15 is 0 Å². The van der Waals surface area contributed by atoms with E-state index in [1.807, 2.05) is 11.8 Å². The number of nitrogens with zero attached hydrogens (tertiary/aromatic N) is 1. The largest absolute Gasteiger partial charge is 1.00 e. The lowest BCUT2D eigenvalue weighted by Gasteiger charge is -2.08. The van der Waals surface area contributed by atoms with Crippen molar-refractivity contribution in [3.8, 4) is 0 Å². The van der Waals surface area contributed by atoms with Crippen LogP contribution in [0.4, 0.5) is 5.69 Å². The van der Waals surface area contributed by atoms with Gasteiger partial charge in [-0.1, -0.05) is 12.1 Å². The molecule has 1 aromatic carbocycles. The van der Waals surface area contributed by atoms with Crippen LogP contribution in [0.15, 0.2) is 29.2 Å². The highest BCUT2D eigenvalue weighted by molar-refractivity contribution is 7.99. The van der Waals surface area contributed by atoms with Gasteiger partial charge in [0.15, 0.2) is 0 Å². The minimum absolute atomic E-state index is 0. The third-order valence-corrected chi connectivity index (χ3v) is 2.86. The monoisotopic (exact) mass is 249 g/mol. The molecule has 0 saturated carbocycles. The molecule has 1 aliphatic heterocycles. The highest BCUT2D eigenvalue weighted by Gasteiger charge is 2.13. The van der Waals surface area contributed by atoms with E-state index in [1.165, 1.54) is 10.6 Å². The Morgan fingerprint density at radius 1 is 1.53 bits per heavy atom. The van der Waals surface area contributed by atoms with Gasteiger partial charge < -0.3 is 9.45 Å². The Morgan fingerprint density at radius 2 is 2.07 bits per heavy atom. The molecule has 2 rings (SSSR count). The van der Waals surface area contributed by atoms with Crippen LogP contribution in [-0.4, -0.2) is 30.4 Å². The lowest BCUT2D eigenvalue weighted by molar-refractivity contribution is 0.366. The minimum atomic E-state index is -4.92. The van der Waals surface area contributed by atoms with Crippen molar-refractivity contribution in [2.24, 2.45) is 0 Å². The van der Waals surface area contributed by atoms with E-state index in [4.69, 9.17) is 17.5 Å². The van der Waals surface area contributed by atoms with Crippen LogP contribution in [-0.2, 0) is 10.4 Å². The second-order valence-corrected chi connectivity index (χ2v) is 4.71. The molecule has 1 heterocycles. The predicted octanol–water partition coefficient (Wildman–Crippen LogP) is 1.30. The van der Waals surface area contributed by atoms with Crippen LogP contribution < -0.4 is 4.90 Å². The van der Waals surface area contributed by atoms with E-state index in [0.29, 0.717) is 0 Å². The minimum Gasteiger partial charge on any atom is -0.726 e. The summed E-state index contributed by atoms with van der Waals surface area (Å²) in [5.74, 6) is 1.10. The van der Waals surface area contributed by atoms with Gasteiger partial charge in [0.2, 0.25) is 10.4 Å². The molecule has 1 N–H and O–H groups in total. The Hall–Kier alpha value is -0.760. The third-order valence-electron chi connectivity index (χ3n) is 1.69. The van der Waals surface area contributed by atoms with Crippen molar-refractivity contribution in [3.63, 3.8) is 0 Å². The topological polar surface area (TPSA) is 80.7 Å². The quantitative estimate of drug-likeness (QED) is 0.551. The molecule has 0 fully saturated rings. The zero-order valence-electron chi connectivity index (χ0n) is 8.95. The van der Waals surface area contributed by atoms with Crippen LogP contribution >= 0.6 is 11.8 Å². The van der Waals surface area contributed by atoms with Gasteiger partial charge in [-0.05, 0) is 12.1 Å². The number of rotatable bonds is 0. The van der Waals surface area contributed by atoms with Crippen molar-refractivity contribution < 1.29 is 18.9 Å². The van der Waals surface area contributed by atoms with E-state index in [2.05, 4.69) is 36.2 Å². The third kappa shape index (κ3) is 4.52. The van der Waals surface area contributed by atoms with Gasteiger partial charge in [-0.25, -0.2) is 8.42 Å². The summed E-state index contributed by atoms with van der Waals surface area (Å²) in [5.41, 5.74) is 1.37. The fourth-order valence-electron chi connectivity index (χ4n) is 1.13. The average Bonchev–Trinajstić information content (AvgIpc) is 2.46. The van der Waals surface area contributed by atoms with Crippen LogP contribution in [0.3, 0.4) is 0 Å². The predicted molar refractivity (Wildman–Crippen MR) is 59.0 cm³/mol. The first-order valence-corrected chi connectivity index (χ1v) is 6.34. The molecule has 15 heavy (non-hydrogen) atoms. The molecule has 0 amide bonds. The smallest absolute Gasteiger partial charge is 0.726 e. The molecule has 0 saturated heterocycles. The number of anilines is 1. The molecule has 0 aliphatic carbocycles. The molecule has 0 bridgehead atoms. The Bertz CT molecular complexity index is 429. The molecule has 0 atom stereocenters. The number of hydrogen-bond acceptors (Lipinski definition) is 5. The van der Waals surface area contributed by atoms with Gasteiger partial charge in [-0.15, -0.1) is 11.8 Å². The SMILES string of the molecule is CN1CSc2ccccc21.O=S(=O)([O-])O.[H+]. The maximum atomic E-state index is 8.63. The fraction of sp³-hybridized carbons (Fsp3) is 0.250. The van der Waals surface area contributed by atoms with Crippen molar-refractivity contribution >= 4 is 27.8 Å². The molecule has 84 valence electrons. The maximum Gasteiger partial charge on any atom is 1.00 e. The standard InChI is InChI=1S/C8H9NS.H2O4S/c1-9-6-10-8-5-3-2-4-7(8)9;1-5(2,3)4/h2-5H,6H2,1H3;(H2,1,2,3,4). The zero-order chi connectivity index (χ0) is 11.5. The van der Waals surface area contributed by atoms with Crippen LogP contribution in [0.25, 0.3) is 0 Å². The average molecular weight is 249 g/mol. The summed E-state index contributed by atoms with van der Waals surface area (Å²) in [7, 11) is -2.79. The van der Waals surface area contributed by atoms with E-state index in [9.17, 15) is 0 Å². The number of thioether (sulfide) groups is 1. The first-order chi connectivity index (χ1) is 6.88. The van der Waals surface area contributed by atoms with E-state index in [-0.39, 0.29) is 1.43 Å². The van der Waals surface area contributed by atoms with Crippen LogP contribution in [0.1, 0.15) is 1.43 Å². The summed E-state index contributed by atoms with van der Waals surface area (Å²) < 4.78 is 32.8. The van der Waals surface area contributed by atoms with Gasteiger partial charge >= 0.3 is 1.43 Å². The fourth-order valence-corrected chi connectivity index (χ4v) is 2.15. The van der Waals surface area contributed by atoms with E-state index in [0.717, 1.165) is 5.88 Å². The van der Waals surface area contributed by atoms with Crippen molar-refractivity contribution in [1.82, 2.24) is 0 Å². The normalized spacial score (nSPS) is 14.2. The first-order valence-electron chi connectivity index (χ1n) is 3.99. The van der Waals surface area contributed by atoms with Gasteiger partial charge in [-0.3, -0.25) is 4.55 Å². The molecule has 1 aliphatic rings. The summed E-state index contributed by atoms with van der Waals surface area (Å²) in [5, 5.41) is 0. The van der Waals surface area contributed by atoms with Gasteiger partial charge in [0.1, 0.15) is 0 Å². The van der Waals surface area contributed by atoms with Crippen molar-refractivity contribution in [2.75, 3.05) is 17.8 Å². The Morgan fingerprint density at radius 3 is 2.60 bits per heavy atom. The lowest BCUT2D eigenvalue weighted by Crippen LogP contribution is -2.10. The second-order valence-electron chi connectivity index (χ2n) is 2.87. The zero-order valence-corrected chi connectivity index (χ0v) is 9.59. The number of fused-ring (bicyclic) bond motifs is 1. The molecule has 1 aromatic rings. The highest BCUT2D eigenvalue weighted by atomic mass is 32.3. The number of para-hydroxylation sites is 1. The first kappa shape index (κ1) is 12.3. The summed E-state index contributed by atoms with van der Waals surface area (Å²) in [4.78, 5) is 3.67. The Labute approximate surface area is 94.2 Å².